The summed E-state index contributed by atoms with van der Waals surface area (Å²) in [4.78, 5) is 12.9. The van der Waals surface area contributed by atoms with E-state index >= 15 is 0 Å². The number of hydrogen-bond acceptors (Lipinski definition) is 3. The highest BCUT2D eigenvalue weighted by atomic mass is 79.9. The van der Waals surface area contributed by atoms with Gasteiger partial charge >= 0.3 is 0 Å². The van der Waals surface area contributed by atoms with E-state index < -0.39 is 15.9 Å². The number of rotatable bonds is 4. The van der Waals surface area contributed by atoms with Crippen LogP contribution in [-0.4, -0.2) is 20.9 Å². The third kappa shape index (κ3) is 3.68. The van der Waals surface area contributed by atoms with Gasteiger partial charge in [-0.3, -0.25) is 9.10 Å². The number of fused-ring (bicyclic) bond motifs is 3. The molecular formula is C22H19BrN2O3S. The maximum absolute atomic E-state index is 13.3. The Labute approximate surface area is 178 Å². The first-order valence-corrected chi connectivity index (χ1v) is 11.4. The maximum Gasteiger partial charge on any atom is 0.265 e. The first-order chi connectivity index (χ1) is 13.9. The molecule has 0 aromatic heterocycles. The van der Waals surface area contributed by atoms with Crippen LogP contribution in [0.5, 0.6) is 0 Å². The molecular weight excluding hydrogens is 452 g/mol. The van der Waals surface area contributed by atoms with Crippen molar-refractivity contribution < 1.29 is 13.2 Å². The molecule has 0 atom stereocenters. The predicted octanol–water partition coefficient (Wildman–Crippen LogP) is 4.83. The van der Waals surface area contributed by atoms with Gasteiger partial charge in [0.05, 0.1) is 10.6 Å². The van der Waals surface area contributed by atoms with Gasteiger partial charge in [-0.05, 0) is 48.4 Å². The first kappa shape index (κ1) is 19.7. The van der Waals surface area contributed by atoms with E-state index in [4.69, 9.17) is 0 Å². The molecule has 0 bridgehead atoms. The van der Waals surface area contributed by atoms with Crippen LogP contribution >= 0.6 is 15.9 Å². The Balaban J connectivity index is 1.69. The third-order valence-corrected chi connectivity index (χ3v) is 7.22. The van der Waals surface area contributed by atoms with Crippen molar-refractivity contribution in [2.45, 2.75) is 18.2 Å². The summed E-state index contributed by atoms with van der Waals surface area (Å²) in [5.41, 5.74) is 3.69. The van der Waals surface area contributed by atoms with Crippen LogP contribution in [0, 0.1) is 0 Å². The number of amides is 1. The molecule has 7 heteroatoms. The molecule has 0 fully saturated rings. The number of anilines is 2. The van der Waals surface area contributed by atoms with Crippen LogP contribution in [0.2, 0.25) is 0 Å². The summed E-state index contributed by atoms with van der Waals surface area (Å²) < 4.78 is 28.5. The molecule has 0 aliphatic carbocycles. The number of nitrogens with zero attached hydrogens (tertiary/aromatic N) is 1. The van der Waals surface area contributed by atoms with E-state index in [1.54, 1.807) is 36.4 Å². The summed E-state index contributed by atoms with van der Waals surface area (Å²) in [7, 11) is -3.85. The van der Waals surface area contributed by atoms with Gasteiger partial charge in [0.2, 0.25) is 5.91 Å². The van der Waals surface area contributed by atoms with Gasteiger partial charge in [-0.2, -0.15) is 0 Å². The molecule has 1 aliphatic heterocycles. The lowest BCUT2D eigenvalue weighted by Crippen LogP contribution is -2.40. The van der Waals surface area contributed by atoms with Gasteiger partial charge < -0.3 is 5.32 Å². The zero-order valence-electron chi connectivity index (χ0n) is 15.7. The normalized spacial score (nSPS) is 14.1. The molecule has 1 heterocycles. The van der Waals surface area contributed by atoms with E-state index in [2.05, 4.69) is 28.2 Å². The number of carbonyl (C=O) groups is 1. The van der Waals surface area contributed by atoms with Gasteiger partial charge in [0.25, 0.3) is 10.0 Å². The predicted molar refractivity (Wildman–Crippen MR) is 119 cm³/mol. The Kier molecular flexibility index (Phi) is 5.19. The first-order valence-electron chi connectivity index (χ1n) is 9.20. The van der Waals surface area contributed by atoms with Crippen LogP contribution in [0.25, 0.3) is 11.1 Å². The minimum atomic E-state index is -3.85. The fraction of sp³-hybridized carbons (Fsp3) is 0.136. The van der Waals surface area contributed by atoms with Gasteiger partial charge in [-0.1, -0.05) is 53.2 Å². The van der Waals surface area contributed by atoms with Crippen molar-refractivity contribution in [3.8, 4) is 11.1 Å². The second-order valence-electron chi connectivity index (χ2n) is 6.77. The quantitative estimate of drug-likeness (QED) is 0.593. The Morgan fingerprint density at radius 3 is 2.45 bits per heavy atom. The Hall–Kier alpha value is -2.64. The van der Waals surface area contributed by atoms with E-state index in [-0.39, 0.29) is 11.4 Å². The van der Waals surface area contributed by atoms with Crippen molar-refractivity contribution >= 4 is 43.2 Å². The zero-order valence-corrected chi connectivity index (χ0v) is 18.1. The summed E-state index contributed by atoms with van der Waals surface area (Å²) >= 11 is 3.45. The second kappa shape index (κ2) is 7.65. The summed E-state index contributed by atoms with van der Waals surface area (Å²) in [5, 5.41) is 2.79. The maximum atomic E-state index is 13.3. The van der Waals surface area contributed by atoms with Gasteiger partial charge in [-0.25, -0.2) is 8.42 Å². The molecule has 1 N–H and O–H groups in total. The standard InChI is InChI=1S/C22H19BrN2O3S/c1-2-15-7-10-17(11-8-15)24-22(26)14-25-20-12-9-16(23)13-19(20)18-5-3-4-6-21(18)29(25,27)28/h3-13H,2,14H2,1H3,(H,24,26). The molecule has 148 valence electrons. The lowest BCUT2D eigenvalue weighted by molar-refractivity contribution is -0.114. The molecule has 3 aromatic carbocycles. The third-order valence-electron chi connectivity index (χ3n) is 4.91. The van der Waals surface area contributed by atoms with Crippen molar-refractivity contribution in [1.29, 1.82) is 0 Å². The van der Waals surface area contributed by atoms with E-state index in [1.807, 2.05) is 30.3 Å². The monoisotopic (exact) mass is 470 g/mol. The van der Waals surface area contributed by atoms with Crippen LogP contribution in [0.15, 0.2) is 76.1 Å². The summed E-state index contributed by atoms with van der Waals surface area (Å²) in [5.74, 6) is -0.397. The van der Waals surface area contributed by atoms with Crippen molar-refractivity contribution in [3.63, 3.8) is 0 Å². The molecule has 0 saturated heterocycles. The minimum Gasteiger partial charge on any atom is -0.325 e. The smallest absolute Gasteiger partial charge is 0.265 e. The average Bonchev–Trinajstić information content (AvgIpc) is 2.72. The van der Waals surface area contributed by atoms with Crippen LogP contribution in [0.4, 0.5) is 11.4 Å². The highest BCUT2D eigenvalue weighted by Crippen LogP contribution is 2.43. The molecule has 0 spiro atoms. The number of carbonyl (C=O) groups excluding carboxylic acids is 1. The van der Waals surface area contributed by atoms with Crippen molar-refractivity contribution in [2.24, 2.45) is 0 Å². The lowest BCUT2D eigenvalue weighted by atomic mass is 10.0. The van der Waals surface area contributed by atoms with E-state index in [9.17, 15) is 13.2 Å². The van der Waals surface area contributed by atoms with E-state index in [1.165, 1.54) is 4.31 Å². The summed E-state index contributed by atoms with van der Waals surface area (Å²) in [6.45, 7) is 1.75. The number of benzene rings is 3. The van der Waals surface area contributed by atoms with Gasteiger partial charge in [0, 0.05) is 21.3 Å². The van der Waals surface area contributed by atoms with Crippen LogP contribution < -0.4 is 9.62 Å². The molecule has 1 amide bonds. The zero-order chi connectivity index (χ0) is 20.6. The van der Waals surface area contributed by atoms with Crippen molar-refractivity contribution in [2.75, 3.05) is 16.2 Å². The van der Waals surface area contributed by atoms with Gasteiger partial charge in [0.1, 0.15) is 6.54 Å². The molecule has 29 heavy (non-hydrogen) atoms. The topological polar surface area (TPSA) is 66.5 Å². The Bertz CT molecular complexity index is 1190. The fourth-order valence-electron chi connectivity index (χ4n) is 3.43. The van der Waals surface area contributed by atoms with E-state index in [0.717, 1.165) is 22.0 Å². The Morgan fingerprint density at radius 1 is 1.00 bits per heavy atom. The summed E-state index contributed by atoms with van der Waals surface area (Å²) in [6.07, 6.45) is 0.909. The van der Waals surface area contributed by atoms with Crippen LogP contribution in [0.3, 0.4) is 0 Å². The Morgan fingerprint density at radius 2 is 1.72 bits per heavy atom. The molecule has 4 rings (SSSR count). The van der Waals surface area contributed by atoms with Crippen molar-refractivity contribution in [3.05, 3.63) is 76.8 Å². The van der Waals surface area contributed by atoms with Crippen LogP contribution in [-0.2, 0) is 21.2 Å². The number of hydrogen-bond donors (Lipinski definition) is 1. The number of sulfonamides is 1. The largest absolute Gasteiger partial charge is 0.325 e. The van der Waals surface area contributed by atoms with Crippen LogP contribution in [0.1, 0.15) is 12.5 Å². The molecule has 5 nitrogen and oxygen atoms in total. The lowest BCUT2D eigenvalue weighted by Gasteiger charge is -2.31. The molecule has 0 saturated carbocycles. The highest BCUT2D eigenvalue weighted by molar-refractivity contribution is 9.10. The van der Waals surface area contributed by atoms with Crippen molar-refractivity contribution in [1.82, 2.24) is 0 Å². The number of aryl methyl sites for hydroxylation is 1. The molecule has 0 unspecified atom stereocenters. The molecule has 0 radical (unpaired) electrons. The minimum absolute atomic E-state index is 0.200. The molecule has 1 aliphatic rings. The average molecular weight is 471 g/mol. The molecule has 3 aromatic rings. The summed E-state index contributed by atoms with van der Waals surface area (Å²) in [6, 6.07) is 19.7. The SMILES string of the molecule is CCc1ccc(NC(=O)CN2c3ccc(Br)cc3-c3ccccc3S2(=O)=O)cc1. The highest BCUT2D eigenvalue weighted by Gasteiger charge is 2.35. The van der Waals surface area contributed by atoms with Gasteiger partial charge in [0.15, 0.2) is 0 Å². The fourth-order valence-corrected chi connectivity index (χ4v) is 5.44. The van der Waals surface area contributed by atoms with E-state index in [0.29, 0.717) is 16.9 Å². The number of nitrogens with one attached hydrogen (secondary N) is 1. The van der Waals surface area contributed by atoms with Gasteiger partial charge in [-0.15, -0.1) is 0 Å². The number of halogens is 1. The second-order valence-corrected chi connectivity index (χ2v) is 9.51.